The highest BCUT2D eigenvalue weighted by molar-refractivity contribution is 9.08. The number of hydrogen-bond donors (Lipinski definition) is 0. The molecule has 0 radical (unpaired) electrons. The molecule has 2 heterocycles. The van der Waals surface area contributed by atoms with Crippen LogP contribution in [0.25, 0.3) is 0 Å². The Kier molecular flexibility index (Phi) is 8.97. The number of nitrogens with zero attached hydrogens (tertiary/aromatic N) is 2. The quantitative estimate of drug-likeness (QED) is 0.539. The summed E-state index contributed by atoms with van der Waals surface area (Å²) in [6.07, 6.45) is 0. The number of aryl methyl sites for hydroxylation is 1. The molecule has 0 unspecified atom stereocenters. The van der Waals surface area contributed by atoms with Crippen LogP contribution < -0.4 is 0 Å². The minimum Gasteiger partial charge on any atom is -0.461 e. The highest BCUT2D eigenvalue weighted by atomic mass is 79.9. The van der Waals surface area contributed by atoms with Crippen molar-refractivity contribution in [2.75, 3.05) is 13.2 Å². The fourth-order valence-electron chi connectivity index (χ4n) is 1.33. The molecular formula is C14H17BrN2O4S2. The van der Waals surface area contributed by atoms with Crippen LogP contribution in [0.2, 0.25) is 0 Å². The zero-order chi connectivity index (χ0) is 17.2. The number of halogens is 1. The molecule has 0 aromatic carbocycles. The first kappa shape index (κ1) is 19.7. The Morgan fingerprint density at radius 2 is 1.57 bits per heavy atom. The second-order valence-electron chi connectivity index (χ2n) is 3.95. The first-order valence-electron chi connectivity index (χ1n) is 6.78. The summed E-state index contributed by atoms with van der Waals surface area (Å²) >= 11 is 6.15. The number of hydrogen-bond acceptors (Lipinski definition) is 8. The van der Waals surface area contributed by atoms with Crippen molar-refractivity contribution in [3.05, 3.63) is 32.2 Å². The van der Waals surface area contributed by atoms with Gasteiger partial charge in [-0.1, -0.05) is 15.9 Å². The molecule has 0 aliphatic carbocycles. The molecule has 0 saturated carbocycles. The van der Waals surface area contributed by atoms with Gasteiger partial charge in [0.05, 0.1) is 23.6 Å². The van der Waals surface area contributed by atoms with E-state index in [1.54, 1.807) is 24.6 Å². The number of alkyl halides is 1. The maximum Gasteiger partial charge on any atom is 0.357 e. The lowest BCUT2D eigenvalue weighted by atomic mass is 10.5. The number of aromatic nitrogens is 2. The van der Waals surface area contributed by atoms with Gasteiger partial charge in [-0.25, -0.2) is 19.6 Å². The Hall–Kier alpha value is -1.32. The SMILES string of the molecule is CCOC(=O)c1csc(C)n1.CCOC(=O)c1csc(CBr)n1. The molecule has 0 N–H and O–H groups in total. The van der Waals surface area contributed by atoms with E-state index >= 15 is 0 Å². The number of carbonyl (C=O) groups excluding carboxylic acids is 2. The first-order chi connectivity index (χ1) is 11.0. The van der Waals surface area contributed by atoms with Gasteiger partial charge in [-0.3, -0.25) is 0 Å². The normalized spacial score (nSPS) is 9.74. The van der Waals surface area contributed by atoms with Crippen molar-refractivity contribution < 1.29 is 19.1 Å². The Labute approximate surface area is 151 Å². The van der Waals surface area contributed by atoms with Crippen LogP contribution in [0.5, 0.6) is 0 Å². The molecule has 2 aromatic heterocycles. The number of thiazole rings is 2. The predicted octanol–water partition coefficient (Wildman–Crippen LogP) is 3.84. The Bertz CT molecular complexity index is 642. The third-order valence-electron chi connectivity index (χ3n) is 2.25. The highest BCUT2D eigenvalue weighted by Crippen LogP contribution is 2.13. The van der Waals surface area contributed by atoms with E-state index < -0.39 is 0 Å². The van der Waals surface area contributed by atoms with Gasteiger partial charge >= 0.3 is 11.9 Å². The molecule has 0 spiro atoms. The van der Waals surface area contributed by atoms with Gasteiger partial charge < -0.3 is 9.47 Å². The lowest BCUT2D eigenvalue weighted by molar-refractivity contribution is 0.0511. The maximum absolute atomic E-state index is 11.1. The molecule has 0 saturated heterocycles. The Morgan fingerprint density at radius 3 is 1.96 bits per heavy atom. The number of esters is 2. The molecule has 9 heteroatoms. The standard InChI is InChI=1S/C7H8BrNO2S.C7H9NO2S/c1-2-11-7(10)5-4-12-6(3-8)9-5;1-3-10-7(9)6-4-11-5(2)8-6/h4H,2-3H2,1H3;4H,3H2,1-2H3. The van der Waals surface area contributed by atoms with Gasteiger partial charge in [-0.15, -0.1) is 22.7 Å². The summed E-state index contributed by atoms with van der Waals surface area (Å²) in [5.41, 5.74) is 0.811. The van der Waals surface area contributed by atoms with E-state index in [1.165, 1.54) is 22.7 Å². The number of ether oxygens (including phenoxy) is 2. The number of carbonyl (C=O) groups is 2. The van der Waals surface area contributed by atoms with Crippen molar-refractivity contribution in [3.8, 4) is 0 Å². The summed E-state index contributed by atoms with van der Waals surface area (Å²) in [6, 6.07) is 0. The summed E-state index contributed by atoms with van der Waals surface area (Å²) in [4.78, 5) is 30.1. The van der Waals surface area contributed by atoms with E-state index in [-0.39, 0.29) is 11.9 Å². The lowest BCUT2D eigenvalue weighted by Crippen LogP contribution is -2.04. The maximum atomic E-state index is 11.1. The summed E-state index contributed by atoms with van der Waals surface area (Å²) < 4.78 is 9.52. The first-order valence-corrected chi connectivity index (χ1v) is 9.66. The molecule has 23 heavy (non-hydrogen) atoms. The van der Waals surface area contributed by atoms with E-state index in [2.05, 4.69) is 25.9 Å². The topological polar surface area (TPSA) is 78.4 Å². The van der Waals surface area contributed by atoms with E-state index in [4.69, 9.17) is 9.47 Å². The molecule has 2 rings (SSSR count). The third-order valence-corrected chi connectivity index (χ3v) is 4.78. The molecule has 126 valence electrons. The van der Waals surface area contributed by atoms with Crippen LogP contribution >= 0.6 is 38.6 Å². The van der Waals surface area contributed by atoms with Gasteiger partial charge in [0.2, 0.25) is 0 Å². The van der Waals surface area contributed by atoms with Crippen LogP contribution in [0.15, 0.2) is 10.8 Å². The molecular weight excluding hydrogens is 404 g/mol. The summed E-state index contributed by atoms with van der Waals surface area (Å²) in [5, 5.41) is 5.85. The van der Waals surface area contributed by atoms with E-state index in [0.29, 0.717) is 29.9 Å². The Balaban J connectivity index is 0.000000231. The van der Waals surface area contributed by atoms with E-state index in [0.717, 1.165) is 10.0 Å². The molecule has 0 bridgehead atoms. The molecule has 0 atom stereocenters. The van der Waals surface area contributed by atoms with Gasteiger partial charge in [-0.05, 0) is 20.8 Å². The Morgan fingerprint density at radius 1 is 1.04 bits per heavy atom. The average molecular weight is 421 g/mol. The van der Waals surface area contributed by atoms with Crippen LogP contribution in [0.3, 0.4) is 0 Å². The summed E-state index contributed by atoms with van der Waals surface area (Å²) in [6.45, 7) is 6.19. The minimum absolute atomic E-state index is 0.336. The van der Waals surface area contributed by atoms with Gasteiger partial charge in [0.25, 0.3) is 0 Å². The minimum atomic E-state index is -0.346. The van der Waals surface area contributed by atoms with Crippen LogP contribution in [0, 0.1) is 6.92 Å². The van der Waals surface area contributed by atoms with Crippen LogP contribution in [0.1, 0.15) is 44.8 Å². The zero-order valence-corrected chi connectivity index (χ0v) is 16.2. The van der Waals surface area contributed by atoms with Crippen molar-refractivity contribution >= 4 is 50.5 Å². The van der Waals surface area contributed by atoms with Gasteiger partial charge in [0, 0.05) is 10.8 Å². The average Bonchev–Trinajstić information content (AvgIpc) is 3.17. The molecule has 6 nitrogen and oxygen atoms in total. The second-order valence-corrected chi connectivity index (χ2v) is 6.52. The van der Waals surface area contributed by atoms with E-state index in [1.807, 2.05) is 6.92 Å². The van der Waals surface area contributed by atoms with Crippen molar-refractivity contribution in [3.63, 3.8) is 0 Å². The molecule has 0 fully saturated rings. The van der Waals surface area contributed by atoms with Crippen LogP contribution in [0.4, 0.5) is 0 Å². The van der Waals surface area contributed by atoms with Gasteiger partial charge in [0.15, 0.2) is 11.4 Å². The molecule has 0 amide bonds. The smallest absolute Gasteiger partial charge is 0.357 e. The van der Waals surface area contributed by atoms with Gasteiger partial charge in [0.1, 0.15) is 5.01 Å². The fraction of sp³-hybridized carbons (Fsp3) is 0.429. The second kappa shape index (κ2) is 10.5. The van der Waals surface area contributed by atoms with Crippen LogP contribution in [-0.2, 0) is 14.8 Å². The van der Waals surface area contributed by atoms with Crippen molar-refractivity contribution in [1.29, 1.82) is 0 Å². The van der Waals surface area contributed by atoms with Crippen molar-refractivity contribution in [1.82, 2.24) is 9.97 Å². The number of rotatable bonds is 5. The highest BCUT2D eigenvalue weighted by Gasteiger charge is 2.10. The third kappa shape index (κ3) is 6.76. The largest absolute Gasteiger partial charge is 0.461 e. The summed E-state index contributed by atoms with van der Waals surface area (Å²) in [7, 11) is 0. The lowest BCUT2D eigenvalue weighted by Gasteiger charge is -1.95. The predicted molar refractivity (Wildman–Crippen MR) is 93.5 cm³/mol. The van der Waals surface area contributed by atoms with E-state index in [9.17, 15) is 9.59 Å². The summed E-state index contributed by atoms with van der Waals surface area (Å²) in [5.74, 6) is -0.683. The molecule has 0 aliphatic rings. The van der Waals surface area contributed by atoms with Gasteiger partial charge in [-0.2, -0.15) is 0 Å². The monoisotopic (exact) mass is 420 g/mol. The van der Waals surface area contributed by atoms with Crippen LogP contribution in [-0.4, -0.2) is 35.1 Å². The van der Waals surface area contributed by atoms with Crippen molar-refractivity contribution in [2.24, 2.45) is 0 Å². The fourth-order valence-corrected chi connectivity index (χ4v) is 3.05. The van der Waals surface area contributed by atoms with Crippen molar-refractivity contribution in [2.45, 2.75) is 26.1 Å². The molecule has 2 aromatic rings. The zero-order valence-electron chi connectivity index (χ0n) is 13.0. The molecule has 0 aliphatic heterocycles.